The van der Waals surface area contributed by atoms with Crippen molar-refractivity contribution in [2.45, 2.75) is 6.92 Å². The van der Waals surface area contributed by atoms with Crippen LogP contribution in [-0.4, -0.2) is 17.2 Å². The summed E-state index contributed by atoms with van der Waals surface area (Å²) in [4.78, 5) is 11.5. The molecule has 3 nitrogen and oxygen atoms in total. The van der Waals surface area contributed by atoms with Gasteiger partial charge < -0.3 is 5.21 Å². The molecule has 68 valence electrons. The standard InChI is InChI=1S/C10H11NO2/c1-8(7-11-13)10(12)9-5-3-2-4-6-9/h2-8,13H,1H3/b11-7-. The monoisotopic (exact) mass is 177 g/mol. The Bertz CT molecular complexity index is 306. The number of ketones is 1. The van der Waals surface area contributed by atoms with Gasteiger partial charge in [-0.25, -0.2) is 0 Å². The zero-order valence-corrected chi connectivity index (χ0v) is 7.34. The van der Waals surface area contributed by atoms with Gasteiger partial charge in [0.15, 0.2) is 5.78 Å². The molecule has 0 radical (unpaired) electrons. The van der Waals surface area contributed by atoms with Gasteiger partial charge in [0.25, 0.3) is 0 Å². The highest BCUT2D eigenvalue weighted by atomic mass is 16.4. The molecule has 0 aliphatic heterocycles. The summed E-state index contributed by atoms with van der Waals surface area (Å²) in [5.74, 6) is -0.425. The summed E-state index contributed by atoms with van der Waals surface area (Å²) in [6.07, 6.45) is 1.22. The highest BCUT2D eigenvalue weighted by Crippen LogP contribution is 2.06. The van der Waals surface area contributed by atoms with Crippen LogP contribution in [0.2, 0.25) is 0 Å². The van der Waals surface area contributed by atoms with Gasteiger partial charge in [-0.3, -0.25) is 4.79 Å². The van der Waals surface area contributed by atoms with Gasteiger partial charge in [-0.1, -0.05) is 30.3 Å². The second-order valence-corrected chi connectivity index (χ2v) is 2.78. The molecule has 0 saturated heterocycles. The first-order valence-corrected chi connectivity index (χ1v) is 4.02. The van der Waals surface area contributed by atoms with Crippen LogP contribution >= 0.6 is 0 Å². The summed E-state index contributed by atoms with van der Waals surface area (Å²) < 4.78 is 0. The predicted octanol–water partition coefficient (Wildman–Crippen LogP) is 1.97. The van der Waals surface area contributed by atoms with Crippen molar-refractivity contribution in [1.82, 2.24) is 0 Å². The Balaban J connectivity index is 2.80. The Labute approximate surface area is 76.7 Å². The van der Waals surface area contributed by atoms with Crippen LogP contribution in [0.1, 0.15) is 17.3 Å². The van der Waals surface area contributed by atoms with Crippen molar-refractivity contribution >= 4 is 12.0 Å². The van der Waals surface area contributed by atoms with Gasteiger partial charge in [0, 0.05) is 5.56 Å². The molecule has 1 atom stereocenters. The largest absolute Gasteiger partial charge is 0.411 e. The maximum absolute atomic E-state index is 11.5. The molecule has 0 spiro atoms. The van der Waals surface area contributed by atoms with E-state index >= 15 is 0 Å². The average molecular weight is 177 g/mol. The van der Waals surface area contributed by atoms with E-state index in [1.807, 2.05) is 6.07 Å². The zero-order valence-electron chi connectivity index (χ0n) is 7.34. The molecule has 0 aliphatic carbocycles. The molecule has 1 unspecified atom stereocenters. The van der Waals surface area contributed by atoms with Crippen molar-refractivity contribution in [2.75, 3.05) is 0 Å². The summed E-state index contributed by atoms with van der Waals surface area (Å²) in [5, 5.41) is 11.1. The number of nitrogens with zero attached hydrogens (tertiary/aromatic N) is 1. The van der Waals surface area contributed by atoms with Crippen LogP contribution in [-0.2, 0) is 0 Å². The van der Waals surface area contributed by atoms with Gasteiger partial charge in [0.05, 0.1) is 12.1 Å². The van der Waals surface area contributed by atoms with Gasteiger partial charge in [-0.05, 0) is 6.92 Å². The smallest absolute Gasteiger partial charge is 0.171 e. The lowest BCUT2D eigenvalue weighted by molar-refractivity contribution is 0.0962. The average Bonchev–Trinajstić information content (AvgIpc) is 2.18. The first-order valence-electron chi connectivity index (χ1n) is 4.02. The highest BCUT2D eigenvalue weighted by Gasteiger charge is 2.12. The topological polar surface area (TPSA) is 49.7 Å². The van der Waals surface area contributed by atoms with Crippen LogP contribution in [0.4, 0.5) is 0 Å². The Hall–Kier alpha value is -1.64. The van der Waals surface area contributed by atoms with E-state index in [1.54, 1.807) is 31.2 Å². The fourth-order valence-corrected chi connectivity index (χ4v) is 1.03. The summed E-state index contributed by atoms with van der Waals surface area (Å²) in [6, 6.07) is 8.93. The number of hydrogen-bond acceptors (Lipinski definition) is 3. The molecule has 1 rings (SSSR count). The molecule has 0 amide bonds. The normalized spacial score (nSPS) is 13.0. The minimum atomic E-state index is -0.382. The van der Waals surface area contributed by atoms with E-state index in [1.165, 1.54) is 6.21 Å². The number of hydrogen-bond donors (Lipinski definition) is 1. The van der Waals surface area contributed by atoms with Crippen molar-refractivity contribution in [3.8, 4) is 0 Å². The first-order chi connectivity index (χ1) is 6.25. The van der Waals surface area contributed by atoms with Gasteiger partial charge in [0.1, 0.15) is 0 Å². The Kier molecular flexibility index (Phi) is 3.20. The summed E-state index contributed by atoms with van der Waals surface area (Å²) in [6.45, 7) is 1.69. The van der Waals surface area contributed by atoms with E-state index in [2.05, 4.69) is 5.16 Å². The van der Waals surface area contributed by atoms with Crippen molar-refractivity contribution in [3.05, 3.63) is 35.9 Å². The number of carbonyl (C=O) groups excluding carboxylic acids is 1. The Morgan fingerprint density at radius 1 is 1.46 bits per heavy atom. The lowest BCUT2D eigenvalue weighted by atomic mass is 10.0. The predicted molar refractivity (Wildman–Crippen MR) is 50.2 cm³/mol. The minimum Gasteiger partial charge on any atom is -0.411 e. The molecule has 0 heterocycles. The first kappa shape index (κ1) is 9.45. The minimum absolute atomic E-state index is 0.0431. The molecule has 1 N–H and O–H groups in total. The lowest BCUT2D eigenvalue weighted by Crippen LogP contribution is -2.12. The maximum atomic E-state index is 11.5. The zero-order chi connectivity index (χ0) is 9.68. The number of Topliss-reactive ketones (excluding diaryl/α,β-unsaturated/α-hetero) is 1. The van der Waals surface area contributed by atoms with E-state index in [0.717, 1.165) is 0 Å². The van der Waals surface area contributed by atoms with Crippen molar-refractivity contribution in [3.63, 3.8) is 0 Å². The van der Waals surface area contributed by atoms with Gasteiger partial charge in [0.2, 0.25) is 0 Å². The molecule has 1 aromatic rings. The molecule has 3 heteroatoms. The number of rotatable bonds is 3. The summed E-state index contributed by atoms with van der Waals surface area (Å²) >= 11 is 0. The van der Waals surface area contributed by atoms with E-state index in [0.29, 0.717) is 5.56 Å². The molecule has 0 bridgehead atoms. The molecule has 13 heavy (non-hydrogen) atoms. The molecule has 0 fully saturated rings. The van der Waals surface area contributed by atoms with Gasteiger partial charge >= 0.3 is 0 Å². The summed E-state index contributed by atoms with van der Waals surface area (Å²) in [7, 11) is 0. The molecular formula is C10H11NO2. The van der Waals surface area contributed by atoms with Crippen molar-refractivity contribution < 1.29 is 10.0 Å². The molecule has 0 saturated carbocycles. The number of oxime groups is 1. The highest BCUT2D eigenvalue weighted by molar-refractivity contribution is 6.05. The van der Waals surface area contributed by atoms with Gasteiger partial charge in [-0.15, -0.1) is 5.16 Å². The SMILES string of the molecule is CC(/C=N\O)C(=O)c1ccccc1. The van der Waals surface area contributed by atoms with E-state index in [9.17, 15) is 4.79 Å². The lowest BCUT2D eigenvalue weighted by Gasteiger charge is -2.02. The molecule has 0 aromatic heterocycles. The van der Waals surface area contributed by atoms with Crippen LogP contribution in [0, 0.1) is 5.92 Å². The Morgan fingerprint density at radius 2 is 2.08 bits per heavy atom. The van der Waals surface area contributed by atoms with Crippen LogP contribution in [0.15, 0.2) is 35.5 Å². The van der Waals surface area contributed by atoms with Crippen LogP contribution in [0.25, 0.3) is 0 Å². The van der Waals surface area contributed by atoms with Crippen molar-refractivity contribution in [2.24, 2.45) is 11.1 Å². The summed E-state index contributed by atoms with van der Waals surface area (Å²) in [5.41, 5.74) is 0.634. The van der Waals surface area contributed by atoms with E-state index in [4.69, 9.17) is 5.21 Å². The molecular weight excluding hydrogens is 166 g/mol. The van der Waals surface area contributed by atoms with Crippen molar-refractivity contribution in [1.29, 1.82) is 0 Å². The second-order valence-electron chi connectivity index (χ2n) is 2.78. The number of carbonyl (C=O) groups is 1. The maximum Gasteiger partial charge on any atom is 0.171 e. The second kappa shape index (κ2) is 4.40. The third-order valence-electron chi connectivity index (χ3n) is 1.76. The number of benzene rings is 1. The van der Waals surface area contributed by atoms with Crippen LogP contribution < -0.4 is 0 Å². The van der Waals surface area contributed by atoms with E-state index in [-0.39, 0.29) is 11.7 Å². The molecule has 0 aliphatic rings. The van der Waals surface area contributed by atoms with E-state index < -0.39 is 0 Å². The molecule has 1 aromatic carbocycles. The van der Waals surface area contributed by atoms with Crippen LogP contribution in [0.3, 0.4) is 0 Å². The third kappa shape index (κ3) is 2.40. The fraction of sp³-hybridized carbons (Fsp3) is 0.200. The quantitative estimate of drug-likeness (QED) is 0.332. The van der Waals surface area contributed by atoms with Gasteiger partial charge in [-0.2, -0.15) is 0 Å². The third-order valence-corrected chi connectivity index (χ3v) is 1.76. The fourth-order valence-electron chi connectivity index (χ4n) is 1.03. The van der Waals surface area contributed by atoms with Crippen LogP contribution in [0.5, 0.6) is 0 Å². The Morgan fingerprint density at radius 3 is 2.62 bits per heavy atom.